The molecular formula is C23H26BrN3O5. The summed E-state index contributed by atoms with van der Waals surface area (Å²) < 4.78 is 18.7. The van der Waals surface area contributed by atoms with Crippen molar-refractivity contribution < 1.29 is 23.8 Å². The lowest BCUT2D eigenvalue weighted by Gasteiger charge is -2.12. The highest BCUT2D eigenvalue weighted by Gasteiger charge is 2.19. The van der Waals surface area contributed by atoms with Crippen LogP contribution in [0.5, 0.6) is 11.5 Å². The SMILES string of the molecule is CCOC(=O)CNc1c(-c2ccc(OC(=O)CC(C)C)c(OC)c2)nc2ccc(Br)cn12. The maximum atomic E-state index is 12.1. The van der Waals surface area contributed by atoms with Gasteiger partial charge in [-0.25, -0.2) is 4.98 Å². The molecule has 170 valence electrons. The van der Waals surface area contributed by atoms with E-state index in [1.807, 2.05) is 36.6 Å². The first-order valence-electron chi connectivity index (χ1n) is 10.3. The molecular weight excluding hydrogens is 478 g/mol. The van der Waals surface area contributed by atoms with Crippen molar-refractivity contribution in [3.05, 3.63) is 41.0 Å². The standard InChI is InChI=1S/C23H26BrN3O5/c1-5-31-21(29)12-25-23-22(26-19-9-7-16(24)13-27(19)23)15-6-8-17(18(11-15)30-4)32-20(28)10-14(2)3/h6-9,11,13-14,25H,5,10,12H2,1-4H3. The fourth-order valence-corrected chi connectivity index (χ4v) is 3.49. The second-order valence-electron chi connectivity index (χ2n) is 7.48. The summed E-state index contributed by atoms with van der Waals surface area (Å²) in [5, 5.41) is 3.13. The predicted molar refractivity (Wildman–Crippen MR) is 125 cm³/mol. The minimum absolute atomic E-state index is 0.0107. The van der Waals surface area contributed by atoms with Crippen molar-refractivity contribution >= 4 is 39.3 Å². The maximum absolute atomic E-state index is 12.1. The van der Waals surface area contributed by atoms with Gasteiger partial charge in [-0.1, -0.05) is 13.8 Å². The monoisotopic (exact) mass is 503 g/mol. The lowest BCUT2D eigenvalue weighted by atomic mass is 10.1. The average Bonchev–Trinajstić information content (AvgIpc) is 3.09. The molecule has 2 heterocycles. The van der Waals surface area contributed by atoms with Gasteiger partial charge in [0.1, 0.15) is 23.7 Å². The summed E-state index contributed by atoms with van der Waals surface area (Å²) in [7, 11) is 1.51. The van der Waals surface area contributed by atoms with E-state index in [4.69, 9.17) is 19.2 Å². The van der Waals surface area contributed by atoms with Crippen molar-refractivity contribution in [2.75, 3.05) is 25.6 Å². The quantitative estimate of drug-likeness (QED) is 0.334. The van der Waals surface area contributed by atoms with Gasteiger partial charge < -0.3 is 19.5 Å². The largest absolute Gasteiger partial charge is 0.493 e. The number of pyridine rings is 1. The van der Waals surface area contributed by atoms with Crippen molar-refractivity contribution in [3.8, 4) is 22.8 Å². The zero-order valence-corrected chi connectivity index (χ0v) is 20.1. The van der Waals surface area contributed by atoms with Crippen LogP contribution >= 0.6 is 15.9 Å². The van der Waals surface area contributed by atoms with Crippen molar-refractivity contribution in [2.45, 2.75) is 27.2 Å². The Balaban J connectivity index is 1.99. The van der Waals surface area contributed by atoms with E-state index in [0.29, 0.717) is 41.7 Å². The molecule has 0 spiro atoms. The number of aromatic nitrogens is 2. The number of nitrogens with one attached hydrogen (secondary N) is 1. The van der Waals surface area contributed by atoms with Gasteiger partial charge in [0.25, 0.3) is 0 Å². The zero-order valence-electron chi connectivity index (χ0n) is 18.5. The van der Waals surface area contributed by atoms with E-state index in [1.54, 1.807) is 25.1 Å². The molecule has 0 bridgehead atoms. The number of carbonyl (C=O) groups is 2. The number of ether oxygens (including phenoxy) is 3. The summed E-state index contributed by atoms with van der Waals surface area (Å²) in [5.74, 6) is 0.886. The second kappa shape index (κ2) is 10.5. The van der Waals surface area contributed by atoms with Crippen molar-refractivity contribution in [1.29, 1.82) is 0 Å². The molecule has 0 unspecified atom stereocenters. The number of esters is 2. The van der Waals surface area contributed by atoms with Crippen LogP contribution in [-0.4, -0.2) is 41.6 Å². The van der Waals surface area contributed by atoms with Crippen LogP contribution in [-0.2, 0) is 14.3 Å². The lowest BCUT2D eigenvalue weighted by Crippen LogP contribution is -2.17. The third-order valence-corrected chi connectivity index (χ3v) is 4.99. The average molecular weight is 504 g/mol. The number of halogens is 1. The highest BCUT2D eigenvalue weighted by molar-refractivity contribution is 9.10. The molecule has 1 N–H and O–H groups in total. The van der Waals surface area contributed by atoms with E-state index in [9.17, 15) is 9.59 Å². The Morgan fingerprint density at radius 1 is 1.16 bits per heavy atom. The first kappa shape index (κ1) is 23.6. The van der Waals surface area contributed by atoms with Crippen molar-refractivity contribution in [1.82, 2.24) is 9.38 Å². The molecule has 0 aliphatic rings. The second-order valence-corrected chi connectivity index (χ2v) is 8.40. The molecule has 0 aliphatic carbocycles. The van der Waals surface area contributed by atoms with Crippen LogP contribution in [0.3, 0.4) is 0 Å². The number of anilines is 1. The summed E-state index contributed by atoms with van der Waals surface area (Å²) >= 11 is 3.47. The molecule has 0 fully saturated rings. The van der Waals surface area contributed by atoms with Crippen LogP contribution in [0, 0.1) is 5.92 Å². The van der Waals surface area contributed by atoms with Crippen LogP contribution in [0.15, 0.2) is 41.0 Å². The Bertz CT molecular complexity index is 1130. The molecule has 32 heavy (non-hydrogen) atoms. The number of imidazole rings is 1. The van der Waals surface area contributed by atoms with Gasteiger partial charge in [0.15, 0.2) is 11.5 Å². The Hall–Kier alpha value is -3.07. The van der Waals surface area contributed by atoms with Crippen molar-refractivity contribution in [3.63, 3.8) is 0 Å². The molecule has 0 radical (unpaired) electrons. The van der Waals surface area contributed by atoms with Gasteiger partial charge in [-0.05, 0) is 59.1 Å². The minimum atomic E-state index is -0.367. The number of hydrogen-bond acceptors (Lipinski definition) is 7. The number of benzene rings is 1. The molecule has 0 atom stereocenters. The van der Waals surface area contributed by atoms with Gasteiger partial charge in [-0.3, -0.25) is 14.0 Å². The van der Waals surface area contributed by atoms with E-state index in [-0.39, 0.29) is 24.4 Å². The first-order valence-corrected chi connectivity index (χ1v) is 11.1. The maximum Gasteiger partial charge on any atom is 0.325 e. The highest BCUT2D eigenvalue weighted by atomic mass is 79.9. The fraction of sp³-hybridized carbons (Fsp3) is 0.348. The Morgan fingerprint density at radius 2 is 1.94 bits per heavy atom. The highest BCUT2D eigenvalue weighted by Crippen LogP contribution is 2.36. The molecule has 0 aliphatic heterocycles. The van der Waals surface area contributed by atoms with Gasteiger partial charge in [0, 0.05) is 22.7 Å². The van der Waals surface area contributed by atoms with E-state index in [2.05, 4.69) is 21.2 Å². The van der Waals surface area contributed by atoms with Crippen LogP contribution in [0.4, 0.5) is 5.82 Å². The number of hydrogen-bond donors (Lipinski definition) is 1. The lowest BCUT2D eigenvalue weighted by molar-refractivity contribution is -0.141. The van der Waals surface area contributed by atoms with E-state index >= 15 is 0 Å². The Morgan fingerprint density at radius 3 is 2.62 bits per heavy atom. The van der Waals surface area contributed by atoms with Crippen LogP contribution in [0.2, 0.25) is 0 Å². The zero-order chi connectivity index (χ0) is 23.3. The minimum Gasteiger partial charge on any atom is -0.493 e. The number of rotatable bonds is 9. The van der Waals surface area contributed by atoms with Gasteiger partial charge >= 0.3 is 11.9 Å². The summed E-state index contributed by atoms with van der Waals surface area (Å²) in [6.45, 7) is 5.96. The first-order chi connectivity index (χ1) is 15.3. The predicted octanol–water partition coefficient (Wildman–Crippen LogP) is 4.70. The number of methoxy groups -OCH3 is 1. The molecule has 3 rings (SSSR count). The molecule has 2 aromatic heterocycles. The molecule has 3 aromatic rings. The van der Waals surface area contributed by atoms with Gasteiger partial charge in [0.05, 0.1) is 13.7 Å². The van der Waals surface area contributed by atoms with E-state index < -0.39 is 0 Å². The third-order valence-electron chi connectivity index (χ3n) is 4.52. The number of carbonyl (C=O) groups excluding carboxylic acids is 2. The Kier molecular flexibility index (Phi) is 7.74. The summed E-state index contributed by atoms with van der Waals surface area (Å²) in [6.07, 6.45) is 2.17. The van der Waals surface area contributed by atoms with Gasteiger partial charge in [0.2, 0.25) is 0 Å². The number of nitrogens with zero attached hydrogens (tertiary/aromatic N) is 2. The number of fused-ring (bicyclic) bond motifs is 1. The normalized spacial score (nSPS) is 10.9. The summed E-state index contributed by atoms with van der Waals surface area (Å²) in [5.41, 5.74) is 2.04. The third kappa shape index (κ3) is 5.59. The topological polar surface area (TPSA) is 91.2 Å². The Labute approximate surface area is 195 Å². The summed E-state index contributed by atoms with van der Waals surface area (Å²) in [6, 6.07) is 8.99. The molecule has 1 aromatic carbocycles. The van der Waals surface area contributed by atoms with Crippen LogP contribution in [0.25, 0.3) is 16.9 Å². The molecule has 9 heteroatoms. The smallest absolute Gasteiger partial charge is 0.325 e. The van der Waals surface area contributed by atoms with Gasteiger partial charge in [-0.15, -0.1) is 0 Å². The van der Waals surface area contributed by atoms with Crippen LogP contribution < -0.4 is 14.8 Å². The fourth-order valence-electron chi connectivity index (χ4n) is 3.15. The van der Waals surface area contributed by atoms with E-state index in [0.717, 1.165) is 10.0 Å². The van der Waals surface area contributed by atoms with Gasteiger partial charge in [-0.2, -0.15) is 0 Å². The van der Waals surface area contributed by atoms with Crippen LogP contribution in [0.1, 0.15) is 27.2 Å². The van der Waals surface area contributed by atoms with E-state index in [1.165, 1.54) is 7.11 Å². The molecule has 0 saturated carbocycles. The van der Waals surface area contributed by atoms with Crippen molar-refractivity contribution in [2.24, 2.45) is 5.92 Å². The summed E-state index contributed by atoms with van der Waals surface area (Å²) in [4.78, 5) is 28.7. The molecule has 0 amide bonds. The molecule has 0 saturated heterocycles. The molecule has 8 nitrogen and oxygen atoms in total.